The van der Waals surface area contributed by atoms with Crippen molar-refractivity contribution in [3.8, 4) is 55.9 Å². The first-order chi connectivity index (χ1) is 41.8. The van der Waals surface area contributed by atoms with Crippen molar-refractivity contribution in [2.75, 3.05) is 4.90 Å². The van der Waals surface area contributed by atoms with E-state index >= 15 is 0 Å². The van der Waals surface area contributed by atoms with Crippen LogP contribution in [-0.2, 0) is 16.2 Å². The number of anilines is 3. The second kappa shape index (κ2) is 20.2. The van der Waals surface area contributed by atoms with Gasteiger partial charge in [0.1, 0.15) is 0 Å². The summed E-state index contributed by atoms with van der Waals surface area (Å²) in [5.41, 5.74) is 25.8. The van der Waals surface area contributed by atoms with Gasteiger partial charge in [0.2, 0.25) is 0 Å². The van der Waals surface area contributed by atoms with Crippen LogP contribution < -0.4 is 4.90 Å². The smallest absolute Gasteiger partial charge is 0.0547 e. The molecule has 3 nitrogen and oxygen atoms in total. The fourth-order valence-corrected chi connectivity index (χ4v) is 14.3. The molecule has 0 unspecified atom stereocenters. The lowest BCUT2D eigenvalue weighted by Gasteiger charge is -2.33. The van der Waals surface area contributed by atoms with Crippen molar-refractivity contribution in [2.45, 2.75) is 84.5 Å². The van der Waals surface area contributed by atoms with Crippen molar-refractivity contribution in [3.05, 3.63) is 283 Å². The SMILES string of the molecule is CCC(C)(C)c1cccc(C(C)(C)CC)c1-c1ccc2c(c1)c1c3ccccc3ccc1n2-c1cccc(-c2ccc(-c3cccc(N(c4ccccc4)c4ccc5c(c4)C(C)(C)c4cc(-n6c7ccccc7c7ccccc76)ccc4-5)c3)cc2)c1. The Morgan fingerprint density at radius 3 is 1.52 bits per heavy atom. The van der Waals surface area contributed by atoms with Crippen molar-refractivity contribution < 1.29 is 0 Å². The first-order valence-corrected chi connectivity index (χ1v) is 30.9. The Bertz CT molecular complexity index is 4900. The summed E-state index contributed by atoms with van der Waals surface area (Å²) in [6.45, 7) is 19.1. The minimum atomic E-state index is -0.237. The van der Waals surface area contributed by atoms with Gasteiger partial charge >= 0.3 is 0 Å². The molecule has 0 bridgehead atoms. The van der Waals surface area contributed by atoms with Crippen LogP contribution in [0.25, 0.3) is 110 Å². The zero-order chi connectivity index (χ0) is 58.6. The van der Waals surface area contributed by atoms with Gasteiger partial charge in [-0.3, -0.25) is 0 Å². The van der Waals surface area contributed by atoms with E-state index in [4.69, 9.17) is 0 Å². The number of rotatable bonds is 12. The topological polar surface area (TPSA) is 13.1 Å². The van der Waals surface area contributed by atoms with Crippen molar-refractivity contribution >= 4 is 71.4 Å². The Morgan fingerprint density at radius 2 is 0.849 bits per heavy atom. The Hall–Kier alpha value is -9.70. The summed E-state index contributed by atoms with van der Waals surface area (Å²) in [4.78, 5) is 2.42. The molecule has 0 atom stereocenters. The van der Waals surface area contributed by atoms with Gasteiger partial charge in [0.25, 0.3) is 0 Å². The molecule has 3 heteroatoms. The van der Waals surface area contributed by atoms with Crippen LogP contribution in [-0.4, -0.2) is 9.13 Å². The zero-order valence-corrected chi connectivity index (χ0v) is 50.6. The average Bonchev–Trinajstić information content (AvgIpc) is 1.59. The van der Waals surface area contributed by atoms with Gasteiger partial charge in [-0.15, -0.1) is 0 Å². The normalized spacial score (nSPS) is 13.1. The van der Waals surface area contributed by atoms with Gasteiger partial charge in [0, 0.05) is 55.4 Å². The molecule has 2 aromatic heterocycles. The zero-order valence-electron chi connectivity index (χ0n) is 50.6. The molecule has 0 fully saturated rings. The fourth-order valence-electron chi connectivity index (χ4n) is 14.3. The predicted molar refractivity (Wildman–Crippen MR) is 368 cm³/mol. The second-order valence-electron chi connectivity index (χ2n) is 25.8. The van der Waals surface area contributed by atoms with E-state index in [1.165, 1.54) is 127 Å². The van der Waals surface area contributed by atoms with Crippen LogP contribution in [0.3, 0.4) is 0 Å². The molecule has 12 aromatic carbocycles. The second-order valence-corrected chi connectivity index (χ2v) is 25.8. The predicted octanol–water partition coefficient (Wildman–Crippen LogP) is 23.2. The van der Waals surface area contributed by atoms with Crippen LogP contribution in [0, 0.1) is 0 Å². The van der Waals surface area contributed by atoms with E-state index in [2.05, 4.69) is 330 Å². The molecule has 0 radical (unpaired) electrons. The van der Waals surface area contributed by atoms with Gasteiger partial charge in [-0.05, 0) is 192 Å². The summed E-state index contributed by atoms with van der Waals surface area (Å²) in [5, 5.41) is 7.65. The maximum absolute atomic E-state index is 2.51. The number of benzene rings is 12. The first kappa shape index (κ1) is 53.1. The van der Waals surface area contributed by atoms with Crippen LogP contribution in [0.4, 0.5) is 17.1 Å². The van der Waals surface area contributed by atoms with E-state index in [1.54, 1.807) is 0 Å². The molecule has 1 aliphatic rings. The minimum Gasteiger partial charge on any atom is -0.310 e. The highest BCUT2D eigenvalue weighted by atomic mass is 15.1. The molecule has 86 heavy (non-hydrogen) atoms. The number of fused-ring (bicyclic) bond motifs is 11. The summed E-state index contributed by atoms with van der Waals surface area (Å²) in [7, 11) is 0. The lowest BCUT2D eigenvalue weighted by molar-refractivity contribution is 0.491. The summed E-state index contributed by atoms with van der Waals surface area (Å²) in [6, 6.07) is 97.7. The third-order valence-electron chi connectivity index (χ3n) is 19.7. The summed E-state index contributed by atoms with van der Waals surface area (Å²) < 4.78 is 4.93. The average molecular weight is 1110 g/mol. The van der Waals surface area contributed by atoms with Crippen molar-refractivity contribution in [1.29, 1.82) is 0 Å². The maximum Gasteiger partial charge on any atom is 0.0547 e. The summed E-state index contributed by atoms with van der Waals surface area (Å²) in [6.07, 6.45) is 2.12. The third-order valence-corrected chi connectivity index (χ3v) is 19.7. The molecular formula is C83H71N3. The van der Waals surface area contributed by atoms with E-state index < -0.39 is 0 Å². The van der Waals surface area contributed by atoms with Crippen LogP contribution in [0.1, 0.15) is 90.5 Å². The van der Waals surface area contributed by atoms with Gasteiger partial charge in [-0.2, -0.15) is 0 Å². The maximum atomic E-state index is 2.51. The first-order valence-electron chi connectivity index (χ1n) is 30.9. The van der Waals surface area contributed by atoms with E-state index in [9.17, 15) is 0 Å². The molecule has 0 amide bonds. The van der Waals surface area contributed by atoms with E-state index in [-0.39, 0.29) is 16.2 Å². The van der Waals surface area contributed by atoms with Gasteiger partial charge in [-0.25, -0.2) is 0 Å². The lowest BCUT2D eigenvalue weighted by atomic mass is 9.71. The van der Waals surface area contributed by atoms with E-state index in [1.807, 2.05) is 0 Å². The fraction of sp³-hybridized carbons (Fsp3) is 0.157. The molecular weight excluding hydrogens is 1040 g/mol. The monoisotopic (exact) mass is 1110 g/mol. The van der Waals surface area contributed by atoms with Crippen molar-refractivity contribution in [3.63, 3.8) is 0 Å². The Labute approximate surface area is 506 Å². The standard InChI is InChI=1S/C83H71N3/c1-9-81(3,4)71-33-22-34-72(82(5,6)10-2)79(71)59-42-47-77-70(51-59)80-65-30-15-14-23-56(65)41-48-78(80)86(77)62-29-21-25-58(50-62)55-39-37-54(38-40-55)57-24-20-28-61(49-57)84(60-26-12-11-13-27-60)63-43-45-66-67-46-44-64(53-74(67)83(7,8)73(66)52-63)85-75-35-18-16-31-68(75)69-32-17-19-36-76(69)85/h11-53H,9-10H2,1-8H3. The molecule has 14 aromatic rings. The van der Waals surface area contributed by atoms with Crippen LogP contribution in [0.5, 0.6) is 0 Å². The molecule has 0 spiro atoms. The summed E-state index contributed by atoms with van der Waals surface area (Å²) >= 11 is 0. The third kappa shape index (κ3) is 8.45. The van der Waals surface area contributed by atoms with E-state index in [0.717, 1.165) is 35.6 Å². The van der Waals surface area contributed by atoms with Gasteiger partial charge < -0.3 is 14.0 Å². The summed E-state index contributed by atoms with van der Waals surface area (Å²) in [5.74, 6) is 0. The quantitative estimate of drug-likeness (QED) is 0.119. The van der Waals surface area contributed by atoms with Gasteiger partial charge in [-0.1, -0.05) is 225 Å². The number of para-hydroxylation sites is 3. The Morgan fingerprint density at radius 1 is 0.349 bits per heavy atom. The molecule has 418 valence electrons. The van der Waals surface area contributed by atoms with Gasteiger partial charge in [0.05, 0.1) is 22.1 Å². The Kier molecular flexibility index (Phi) is 12.5. The van der Waals surface area contributed by atoms with Crippen LogP contribution >= 0.6 is 0 Å². The van der Waals surface area contributed by atoms with Crippen LogP contribution in [0.2, 0.25) is 0 Å². The molecule has 1 aliphatic carbocycles. The number of aromatic nitrogens is 2. The van der Waals surface area contributed by atoms with Crippen molar-refractivity contribution in [2.24, 2.45) is 0 Å². The minimum absolute atomic E-state index is 0.0106. The van der Waals surface area contributed by atoms with E-state index in [0.29, 0.717) is 0 Å². The highest BCUT2D eigenvalue weighted by Gasteiger charge is 2.37. The molecule has 0 N–H and O–H groups in total. The Balaban J connectivity index is 0.773. The number of nitrogens with zero attached hydrogens (tertiary/aromatic N) is 3. The number of hydrogen-bond acceptors (Lipinski definition) is 1. The van der Waals surface area contributed by atoms with Crippen LogP contribution in [0.15, 0.2) is 261 Å². The van der Waals surface area contributed by atoms with Gasteiger partial charge in [0.15, 0.2) is 0 Å². The number of hydrogen-bond donors (Lipinski definition) is 0. The highest BCUT2D eigenvalue weighted by molar-refractivity contribution is 6.22. The highest BCUT2D eigenvalue weighted by Crippen LogP contribution is 2.52. The molecule has 0 saturated heterocycles. The largest absolute Gasteiger partial charge is 0.310 e. The molecule has 0 saturated carbocycles. The lowest BCUT2D eigenvalue weighted by Crippen LogP contribution is -2.22. The molecule has 15 rings (SSSR count). The molecule has 0 aliphatic heterocycles. The molecule has 2 heterocycles. The van der Waals surface area contributed by atoms with Crippen molar-refractivity contribution in [1.82, 2.24) is 9.13 Å².